The summed E-state index contributed by atoms with van der Waals surface area (Å²) in [5, 5.41) is 3.40. The summed E-state index contributed by atoms with van der Waals surface area (Å²) in [6, 6.07) is 2.03. The average Bonchev–Trinajstić information content (AvgIpc) is 2.34. The third-order valence-electron chi connectivity index (χ3n) is 3.09. The Bertz CT molecular complexity index is 361. The van der Waals surface area contributed by atoms with E-state index in [-0.39, 0.29) is 5.41 Å². The predicted molar refractivity (Wildman–Crippen MR) is 76.7 cm³/mol. The Kier molecular flexibility index (Phi) is 5.54. The number of aromatic nitrogens is 2. The summed E-state index contributed by atoms with van der Waals surface area (Å²) < 4.78 is 0. The first-order valence-corrected chi connectivity index (χ1v) is 6.70. The van der Waals surface area contributed by atoms with Gasteiger partial charge in [0.25, 0.3) is 0 Å². The van der Waals surface area contributed by atoms with Crippen molar-refractivity contribution in [1.82, 2.24) is 9.97 Å². The fourth-order valence-electron chi connectivity index (χ4n) is 1.78. The molecule has 3 N–H and O–H groups in total. The maximum Gasteiger partial charge on any atom is 0.129 e. The molecule has 0 amide bonds. The van der Waals surface area contributed by atoms with E-state index < -0.39 is 0 Å². The van der Waals surface area contributed by atoms with Crippen molar-refractivity contribution in [2.75, 3.05) is 18.4 Å². The zero-order chi connectivity index (χ0) is 13.6. The minimum absolute atomic E-state index is 0.238. The molecule has 0 saturated carbocycles. The maximum absolute atomic E-state index is 5.56. The standard InChI is InChI=1S/C14H26N4/c1-11(2)12-8-13(18-10-17-12)16-9-14(3,4)6-5-7-15/h8,10-11H,5-7,9,15H2,1-4H3,(H,16,17,18). The van der Waals surface area contributed by atoms with Crippen LogP contribution in [0.2, 0.25) is 0 Å². The van der Waals surface area contributed by atoms with Gasteiger partial charge in [0, 0.05) is 18.3 Å². The first kappa shape index (κ1) is 14.9. The lowest BCUT2D eigenvalue weighted by molar-refractivity contribution is 0.350. The smallest absolute Gasteiger partial charge is 0.129 e. The van der Waals surface area contributed by atoms with E-state index in [1.54, 1.807) is 6.33 Å². The van der Waals surface area contributed by atoms with Crippen LogP contribution < -0.4 is 11.1 Å². The van der Waals surface area contributed by atoms with Crippen molar-refractivity contribution in [3.8, 4) is 0 Å². The highest BCUT2D eigenvalue weighted by Gasteiger charge is 2.17. The Balaban J connectivity index is 2.55. The molecule has 0 aliphatic rings. The number of nitrogens with one attached hydrogen (secondary N) is 1. The Morgan fingerprint density at radius 1 is 1.33 bits per heavy atom. The molecule has 0 aromatic carbocycles. The van der Waals surface area contributed by atoms with Gasteiger partial charge in [-0.3, -0.25) is 0 Å². The first-order chi connectivity index (χ1) is 8.44. The largest absolute Gasteiger partial charge is 0.369 e. The van der Waals surface area contributed by atoms with Gasteiger partial charge in [-0.15, -0.1) is 0 Å². The number of hydrogen-bond donors (Lipinski definition) is 2. The van der Waals surface area contributed by atoms with Gasteiger partial charge >= 0.3 is 0 Å². The average molecular weight is 250 g/mol. The summed E-state index contributed by atoms with van der Waals surface area (Å²) in [5.41, 5.74) is 6.87. The van der Waals surface area contributed by atoms with E-state index in [9.17, 15) is 0 Å². The van der Waals surface area contributed by atoms with Crippen molar-refractivity contribution in [3.05, 3.63) is 18.1 Å². The normalized spacial score (nSPS) is 11.9. The van der Waals surface area contributed by atoms with Gasteiger partial charge in [-0.1, -0.05) is 27.7 Å². The van der Waals surface area contributed by atoms with E-state index in [2.05, 4.69) is 43.0 Å². The van der Waals surface area contributed by atoms with Crippen LogP contribution in [0.3, 0.4) is 0 Å². The number of nitrogens with two attached hydrogens (primary N) is 1. The van der Waals surface area contributed by atoms with Crippen molar-refractivity contribution >= 4 is 5.82 Å². The lowest BCUT2D eigenvalue weighted by Gasteiger charge is -2.25. The van der Waals surface area contributed by atoms with E-state index in [1.807, 2.05) is 6.07 Å². The fraction of sp³-hybridized carbons (Fsp3) is 0.714. The van der Waals surface area contributed by atoms with Gasteiger partial charge in [-0.05, 0) is 30.7 Å². The second-order valence-electron chi connectivity index (χ2n) is 5.89. The van der Waals surface area contributed by atoms with E-state index >= 15 is 0 Å². The van der Waals surface area contributed by atoms with Crippen molar-refractivity contribution < 1.29 is 0 Å². The molecule has 0 spiro atoms. The molecule has 1 rings (SSSR count). The zero-order valence-electron chi connectivity index (χ0n) is 12.0. The fourth-order valence-corrected chi connectivity index (χ4v) is 1.78. The molecule has 4 heteroatoms. The van der Waals surface area contributed by atoms with Crippen LogP contribution in [0.15, 0.2) is 12.4 Å². The Morgan fingerprint density at radius 3 is 2.67 bits per heavy atom. The minimum Gasteiger partial charge on any atom is -0.369 e. The number of hydrogen-bond acceptors (Lipinski definition) is 4. The van der Waals surface area contributed by atoms with Crippen LogP contribution in [0.4, 0.5) is 5.82 Å². The molecule has 0 fully saturated rings. The topological polar surface area (TPSA) is 63.8 Å². The molecular formula is C14H26N4. The summed E-state index contributed by atoms with van der Waals surface area (Å²) in [5.74, 6) is 1.34. The second-order valence-corrected chi connectivity index (χ2v) is 5.89. The molecule has 4 nitrogen and oxygen atoms in total. The van der Waals surface area contributed by atoms with E-state index in [0.717, 1.165) is 37.4 Å². The number of anilines is 1. The summed E-state index contributed by atoms with van der Waals surface area (Å²) in [6.07, 6.45) is 3.82. The molecule has 102 valence electrons. The van der Waals surface area contributed by atoms with Gasteiger partial charge in [0.05, 0.1) is 0 Å². The van der Waals surface area contributed by atoms with E-state index in [4.69, 9.17) is 5.73 Å². The molecular weight excluding hydrogens is 224 g/mol. The third-order valence-corrected chi connectivity index (χ3v) is 3.09. The zero-order valence-corrected chi connectivity index (χ0v) is 12.0. The molecule has 0 aliphatic carbocycles. The van der Waals surface area contributed by atoms with Gasteiger partial charge in [0.15, 0.2) is 0 Å². The van der Waals surface area contributed by atoms with Gasteiger partial charge in [-0.25, -0.2) is 9.97 Å². The highest BCUT2D eigenvalue weighted by molar-refractivity contribution is 5.35. The lowest BCUT2D eigenvalue weighted by Crippen LogP contribution is -2.24. The highest BCUT2D eigenvalue weighted by atomic mass is 15.0. The Morgan fingerprint density at radius 2 is 2.06 bits per heavy atom. The van der Waals surface area contributed by atoms with Crippen LogP contribution in [0.25, 0.3) is 0 Å². The van der Waals surface area contributed by atoms with Crippen LogP contribution in [-0.4, -0.2) is 23.1 Å². The summed E-state index contributed by atoms with van der Waals surface area (Å²) >= 11 is 0. The van der Waals surface area contributed by atoms with Gasteiger partial charge < -0.3 is 11.1 Å². The molecule has 18 heavy (non-hydrogen) atoms. The predicted octanol–water partition coefficient (Wildman–Crippen LogP) is 2.78. The SMILES string of the molecule is CC(C)c1cc(NCC(C)(C)CCCN)ncn1. The summed E-state index contributed by atoms with van der Waals surface area (Å²) in [6.45, 7) is 10.4. The molecule has 0 aliphatic heterocycles. The van der Waals surface area contributed by atoms with Gasteiger partial charge in [-0.2, -0.15) is 0 Å². The first-order valence-electron chi connectivity index (χ1n) is 6.70. The quantitative estimate of drug-likeness (QED) is 0.781. The van der Waals surface area contributed by atoms with Crippen LogP contribution in [0.1, 0.15) is 52.1 Å². The lowest BCUT2D eigenvalue weighted by atomic mass is 9.88. The molecule has 1 aromatic rings. The Hall–Kier alpha value is -1.16. The van der Waals surface area contributed by atoms with Gasteiger partial charge in [0.2, 0.25) is 0 Å². The van der Waals surface area contributed by atoms with Gasteiger partial charge in [0.1, 0.15) is 12.1 Å². The molecule has 0 saturated heterocycles. The highest BCUT2D eigenvalue weighted by Crippen LogP contribution is 2.22. The number of nitrogens with zero attached hydrogens (tertiary/aromatic N) is 2. The Labute approximate surface area is 110 Å². The molecule has 0 radical (unpaired) electrons. The molecule has 0 bridgehead atoms. The van der Waals surface area contributed by atoms with E-state index in [0.29, 0.717) is 5.92 Å². The molecule has 1 heterocycles. The molecule has 0 atom stereocenters. The molecule has 1 aromatic heterocycles. The van der Waals surface area contributed by atoms with Crippen LogP contribution in [0.5, 0.6) is 0 Å². The summed E-state index contributed by atoms with van der Waals surface area (Å²) in [7, 11) is 0. The van der Waals surface area contributed by atoms with Crippen molar-refractivity contribution in [2.24, 2.45) is 11.1 Å². The minimum atomic E-state index is 0.238. The van der Waals surface area contributed by atoms with E-state index in [1.165, 1.54) is 0 Å². The van der Waals surface area contributed by atoms with Crippen LogP contribution in [-0.2, 0) is 0 Å². The van der Waals surface area contributed by atoms with Crippen molar-refractivity contribution in [3.63, 3.8) is 0 Å². The third kappa shape index (κ3) is 5.00. The van der Waals surface area contributed by atoms with Crippen LogP contribution >= 0.6 is 0 Å². The maximum atomic E-state index is 5.56. The van der Waals surface area contributed by atoms with Crippen molar-refractivity contribution in [2.45, 2.75) is 46.5 Å². The monoisotopic (exact) mass is 250 g/mol. The van der Waals surface area contributed by atoms with Crippen molar-refractivity contribution in [1.29, 1.82) is 0 Å². The summed E-state index contributed by atoms with van der Waals surface area (Å²) in [4.78, 5) is 8.52. The number of rotatable bonds is 7. The second kappa shape index (κ2) is 6.69. The molecule has 0 unspecified atom stereocenters. The van der Waals surface area contributed by atoms with Crippen LogP contribution in [0, 0.1) is 5.41 Å².